The lowest BCUT2D eigenvalue weighted by Crippen LogP contribution is -2.33. The van der Waals surface area contributed by atoms with Crippen molar-refractivity contribution in [2.75, 3.05) is 17.6 Å². The second-order valence-electron chi connectivity index (χ2n) is 5.26. The van der Waals surface area contributed by atoms with Crippen LogP contribution in [-0.2, 0) is 10.0 Å². The maximum atomic E-state index is 12.4. The molecule has 0 spiro atoms. The van der Waals surface area contributed by atoms with E-state index >= 15 is 0 Å². The van der Waals surface area contributed by atoms with Gasteiger partial charge in [0.25, 0.3) is 0 Å². The Bertz CT molecular complexity index is 543. The van der Waals surface area contributed by atoms with Crippen molar-refractivity contribution in [2.45, 2.75) is 49.3 Å². The fourth-order valence-electron chi connectivity index (χ4n) is 2.68. The fraction of sp³-hybridized carbons (Fsp3) is 0.600. The zero-order valence-electron chi connectivity index (χ0n) is 12.6. The van der Waals surface area contributed by atoms with Gasteiger partial charge in [-0.1, -0.05) is 6.92 Å². The normalized spacial score (nSPS) is 22.4. The Morgan fingerprint density at radius 3 is 2.52 bits per heavy atom. The standard InChI is InChI=1S/C15H24N2O2S2/c1-3-16-12-6-9-15(10-7-12)21(18,19)17-13-5-8-14(11-13)20-4-2/h6-7,9-10,13-14,16-17H,3-5,8,11H2,1-2H3. The van der Waals surface area contributed by atoms with Gasteiger partial charge < -0.3 is 5.32 Å². The number of hydrogen-bond acceptors (Lipinski definition) is 4. The lowest BCUT2D eigenvalue weighted by Gasteiger charge is -2.14. The molecule has 0 amide bonds. The van der Waals surface area contributed by atoms with Crippen LogP contribution in [0.25, 0.3) is 0 Å². The first-order valence-electron chi connectivity index (χ1n) is 7.53. The van der Waals surface area contributed by atoms with Crippen LogP contribution in [0, 0.1) is 0 Å². The van der Waals surface area contributed by atoms with Gasteiger partial charge in [-0.3, -0.25) is 0 Å². The molecule has 2 atom stereocenters. The minimum Gasteiger partial charge on any atom is -0.385 e. The molecule has 21 heavy (non-hydrogen) atoms. The molecule has 1 aromatic rings. The summed E-state index contributed by atoms with van der Waals surface area (Å²) < 4.78 is 27.6. The number of sulfonamides is 1. The Balaban J connectivity index is 1.98. The van der Waals surface area contributed by atoms with Crippen LogP contribution in [0.5, 0.6) is 0 Å². The van der Waals surface area contributed by atoms with Gasteiger partial charge in [0.1, 0.15) is 0 Å². The molecular weight excluding hydrogens is 304 g/mol. The Kier molecular flexibility index (Phi) is 5.96. The number of nitrogens with one attached hydrogen (secondary N) is 2. The third kappa shape index (κ3) is 4.63. The number of anilines is 1. The lowest BCUT2D eigenvalue weighted by atomic mass is 10.3. The highest BCUT2D eigenvalue weighted by Gasteiger charge is 2.28. The predicted octanol–water partition coefficient (Wildman–Crippen LogP) is 3.07. The van der Waals surface area contributed by atoms with E-state index in [4.69, 9.17) is 0 Å². The van der Waals surface area contributed by atoms with Crippen LogP contribution in [0.1, 0.15) is 33.1 Å². The summed E-state index contributed by atoms with van der Waals surface area (Å²) in [7, 11) is -3.40. The first kappa shape index (κ1) is 16.6. The Morgan fingerprint density at radius 1 is 1.19 bits per heavy atom. The maximum Gasteiger partial charge on any atom is 0.240 e. The summed E-state index contributed by atoms with van der Waals surface area (Å²) >= 11 is 1.93. The van der Waals surface area contributed by atoms with Crippen LogP contribution >= 0.6 is 11.8 Å². The lowest BCUT2D eigenvalue weighted by molar-refractivity contribution is 0.552. The van der Waals surface area contributed by atoms with Gasteiger partial charge in [-0.25, -0.2) is 13.1 Å². The molecule has 0 bridgehead atoms. The molecule has 2 unspecified atom stereocenters. The molecule has 0 radical (unpaired) electrons. The zero-order valence-corrected chi connectivity index (χ0v) is 14.3. The van der Waals surface area contributed by atoms with E-state index in [1.54, 1.807) is 12.1 Å². The van der Waals surface area contributed by atoms with E-state index in [0.717, 1.165) is 37.2 Å². The summed E-state index contributed by atoms with van der Waals surface area (Å²) in [6, 6.07) is 7.01. The third-order valence-electron chi connectivity index (χ3n) is 3.65. The van der Waals surface area contributed by atoms with Crippen molar-refractivity contribution < 1.29 is 8.42 Å². The minimum atomic E-state index is -3.40. The largest absolute Gasteiger partial charge is 0.385 e. The number of thioether (sulfide) groups is 1. The Morgan fingerprint density at radius 2 is 1.90 bits per heavy atom. The third-order valence-corrected chi connectivity index (χ3v) is 6.42. The van der Waals surface area contributed by atoms with Crippen LogP contribution in [-0.4, -0.2) is 32.0 Å². The first-order chi connectivity index (χ1) is 10.0. The van der Waals surface area contributed by atoms with E-state index in [1.807, 2.05) is 30.8 Å². The van der Waals surface area contributed by atoms with Crippen molar-refractivity contribution >= 4 is 27.5 Å². The van der Waals surface area contributed by atoms with Gasteiger partial charge in [-0.05, 0) is 56.2 Å². The summed E-state index contributed by atoms with van der Waals surface area (Å²) in [5.41, 5.74) is 0.941. The highest BCUT2D eigenvalue weighted by Crippen LogP contribution is 2.30. The fourth-order valence-corrected chi connectivity index (χ4v) is 5.10. The molecule has 1 aromatic carbocycles. The SMILES string of the molecule is CCNc1ccc(S(=O)(=O)NC2CCC(SCC)C2)cc1. The molecule has 1 saturated carbocycles. The molecular formula is C15H24N2O2S2. The van der Waals surface area contributed by atoms with E-state index in [-0.39, 0.29) is 6.04 Å². The molecule has 0 aliphatic heterocycles. The summed E-state index contributed by atoms with van der Waals surface area (Å²) in [5.74, 6) is 1.09. The van der Waals surface area contributed by atoms with Crippen molar-refractivity contribution in [1.29, 1.82) is 0 Å². The maximum absolute atomic E-state index is 12.4. The molecule has 2 rings (SSSR count). The Labute approximate surface area is 132 Å². The quantitative estimate of drug-likeness (QED) is 0.807. The van der Waals surface area contributed by atoms with Gasteiger partial charge in [0.15, 0.2) is 0 Å². The van der Waals surface area contributed by atoms with Crippen LogP contribution in [0.4, 0.5) is 5.69 Å². The van der Waals surface area contributed by atoms with Crippen LogP contribution in [0.3, 0.4) is 0 Å². The minimum absolute atomic E-state index is 0.0764. The van der Waals surface area contributed by atoms with Gasteiger partial charge in [0, 0.05) is 23.5 Å². The molecule has 4 nitrogen and oxygen atoms in total. The molecule has 2 N–H and O–H groups in total. The van der Waals surface area contributed by atoms with E-state index < -0.39 is 10.0 Å². The molecule has 0 saturated heterocycles. The van der Waals surface area contributed by atoms with Crippen LogP contribution in [0.15, 0.2) is 29.2 Å². The molecule has 118 valence electrons. The van der Waals surface area contributed by atoms with Crippen molar-refractivity contribution in [2.24, 2.45) is 0 Å². The second kappa shape index (κ2) is 7.51. The number of benzene rings is 1. The van der Waals surface area contributed by atoms with Gasteiger partial charge in [0.2, 0.25) is 10.0 Å². The molecule has 1 fully saturated rings. The molecule has 0 heterocycles. The molecule has 0 aromatic heterocycles. The van der Waals surface area contributed by atoms with Crippen molar-refractivity contribution in [3.05, 3.63) is 24.3 Å². The highest BCUT2D eigenvalue weighted by molar-refractivity contribution is 7.99. The van der Waals surface area contributed by atoms with Crippen LogP contribution < -0.4 is 10.0 Å². The van der Waals surface area contributed by atoms with E-state index in [2.05, 4.69) is 17.0 Å². The summed E-state index contributed by atoms with van der Waals surface area (Å²) in [5, 5.41) is 3.76. The number of hydrogen-bond donors (Lipinski definition) is 2. The van der Waals surface area contributed by atoms with Gasteiger partial charge >= 0.3 is 0 Å². The van der Waals surface area contributed by atoms with Crippen molar-refractivity contribution in [3.63, 3.8) is 0 Å². The van der Waals surface area contributed by atoms with Gasteiger partial charge in [-0.2, -0.15) is 11.8 Å². The average molecular weight is 329 g/mol. The smallest absolute Gasteiger partial charge is 0.240 e. The predicted molar refractivity (Wildman–Crippen MR) is 90.5 cm³/mol. The van der Waals surface area contributed by atoms with Crippen molar-refractivity contribution in [3.8, 4) is 0 Å². The molecule has 6 heteroatoms. The van der Waals surface area contributed by atoms with Gasteiger partial charge in [0.05, 0.1) is 4.90 Å². The summed E-state index contributed by atoms with van der Waals surface area (Å²) in [6.45, 7) is 4.98. The first-order valence-corrected chi connectivity index (χ1v) is 10.1. The van der Waals surface area contributed by atoms with E-state index in [0.29, 0.717) is 10.1 Å². The highest BCUT2D eigenvalue weighted by atomic mass is 32.2. The zero-order chi connectivity index (χ0) is 15.3. The van der Waals surface area contributed by atoms with Crippen molar-refractivity contribution in [1.82, 2.24) is 4.72 Å². The second-order valence-corrected chi connectivity index (χ2v) is 8.55. The monoisotopic (exact) mass is 328 g/mol. The number of rotatable bonds is 7. The van der Waals surface area contributed by atoms with E-state index in [1.165, 1.54) is 0 Å². The summed E-state index contributed by atoms with van der Waals surface area (Å²) in [6.07, 6.45) is 2.98. The van der Waals surface area contributed by atoms with E-state index in [9.17, 15) is 8.42 Å². The molecule has 1 aliphatic rings. The van der Waals surface area contributed by atoms with Gasteiger partial charge in [-0.15, -0.1) is 0 Å². The summed E-state index contributed by atoms with van der Waals surface area (Å²) in [4.78, 5) is 0.343. The average Bonchev–Trinajstić information content (AvgIpc) is 2.87. The molecule has 1 aliphatic carbocycles. The van der Waals surface area contributed by atoms with Crippen LogP contribution in [0.2, 0.25) is 0 Å². The topological polar surface area (TPSA) is 58.2 Å². The Hall–Kier alpha value is -0.720.